The van der Waals surface area contributed by atoms with Crippen LogP contribution in [0.5, 0.6) is 0 Å². The Balaban J connectivity index is 3.05. The third-order valence-electron chi connectivity index (χ3n) is 2.55. The fourth-order valence-corrected chi connectivity index (χ4v) is 1.90. The zero-order valence-electron chi connectivity index (χ0n) is 9.22. The highest BCUT2D eigenvalue weighted by molar-refractivity contribution is 9.10. The molecule has 0 saturated heterocycles. The number of hydrogen-bond acceptors (Lipinski definition) is 3. The molecule has 0 fully saturated rings. The predicted octanol–water partition coefficient (Wildman–Crippen LogP) is 3.01. The maximum atomic E-state index is 10.9. The van der Waals surface area contributed by atoms with Gasteiger partial charge in [0, 0.05) is 16.1 Å². The normalized spacial score (nSPS) is 12.1. The lowest BCUT2D eigenvalue weighted by Crippen LogP contribution is -2.16. The van der Waals surface area contributed by atoms with Crippen LogP contribution in [0.4, 0.5) is 5.69 Å². The molecular formula is C11H12BrNO4. The van der Waals surface area contributed by atoms with Crippen molar-refractivity contribution in [1.29, 1.82) is 0 Å². The maximum Gasteiger partial charge on any atom is 0.306 e. The van der Waals surface area contributed by atoms with Crippen LogP contribution in [0.3, 0.4) is 0 Å². The van der Waals surface area contributed by atoms with Gasteiger partial charge in [0.2, 0.25) is 0 Å². The lowest BCUT2D eigenvalue weighted by Gasteiger charge is -2.09. The van der Waals surface area contributed by atoms with Crippen LogP contribution >= 0.6 is 15.9 Å². The van der Waals surface area contributed by atoms with Crippen molar-refractivity contribution >= 4 is 27.6 Å². The molecule has 0 heterocycles. The number of nitro groups is 1. The molecule has 0 aliphatic rings. The van der Waals surface area contributed by atoms with E-state index < -0.39 is 16.8 Å². The van der Waals surface area contributed by atoms with E-state index in [1.807, 2.05) is 0 Å². The summed E-state index contributed by atoms with van der Waals surface area (Å²) in [5, 5.41) is 19.8. The van der Waals surface area contributed by atoms with E-state index in [-0.39, 0.29) is 12.1 Å². The van der Waals surface area contributed by atoms with Crippen molar-refractivity contribution in [3.63, 3.8) is 0 Å². The number of carboxylic acids is 1. The first kappa shape index (κ1) is 13.6. The summed E-state index contributed by atoms with van der Waals surface area (Å²) in [5.41, 5.74) is 0.409. The number of aliphatic carboxylic acids is 1. The smallest absolute Gasteiger partial charge is 0.306 e. The number of nitrogens with zero attached hydrogens (tertiary/aromatic N) is 1. The topological polar surface area (TPSA) is 80.4 Å². The summed E-state index contributed by atoms with van der Waals surface area (Å²) < 4.78 is 0.608. The molecule has 1 aromatic carbocycles. The molecule has 1 rings (SSSR count). The number of hydrogen-bond donors (Lipinski definition) is 1. The fourth-order valence-electron chi connectivity index (χ4n) is 1.55. The molecule has 1 N–H and O–H groups in total. The number of carbonyl (C=O) groups is 1. The molecule has 17 heavy (non-hydrogen) atoms. The highest BCUT2D eigenvalue weighted by atomic mass is 79.9. The van der Waals surface area contributed by atoms with Gasteiger partial charge in [-0.3, -0.25) is 14.9 Å². The minimum atomic E-state index is -0.926. The Morgan fingerprint density at radius 3 is 2.71 bits per heavy atom. The summed E-state index contributed by atoms with van der Waals surface area (Å²) >= 11 is 3.16. The van der Waals surface area contributed by atoms with Crippen LogP contribution in [0.2, 0.25) is 0 Å². The summed E-state index contributed by atoms with van der Waals surface area (Å²) in [4.78, 5) is 21.3. The van der Waals surface area contributed by atoms with Crippen LogP contribution in [0.1, 0.15) is 18.9 Å². The molecule has 1 unspecified atom stereocenters. The van der Waals surface area contributed by atoms with Gasteiger partial charge in [0.15, 0.2) is 0 Å². The van der Waals surface area contributed by atoms with Gasteiger partial charge in [0.1, 0.15) is 0 Å². The fraction of sp³-hybridized carbons (Fsp3) is 0.364. The van der Waals surface area contributed by atoms with Gasteiger partial charge >= 0.3 is 5.97 Å². The Bertz CT molecular complexity index is 447. The molecule has 5 nitrogen and oxygen atoms in total. The van der Waals surface area contributed by atoms with Crippen molar-refractivity contribution in [2.24, 2.45) is 5.92 Å². The maximum absolute atomic E-state index is 10.9. The van der Waals surface area contributed by atoms with Crippen LogP contribution in [-0.2, 0) is 11.2 Å². The van der Waals surface area contributed by atoms with E-state index >= 15 is 0 Å². The Morgan fingerprint density at radius 2 is 2.24 bits per heavy atom. The third-order valence-corrected chi connectivity index (χ3v) is 3.05. The summed E-state index contributed by atoms with van der Waals surface area (Å²) in [6.45, 7) is 1.75. The average Bonchev–Trinajstić information content (AvgIpc) is 2.26. The molecule has 0 radical (unpaired) electrons. The first-order chi connectivity index (χ1) is 7.95. The van der Waals surface area contributed by atoms with Crippen molar-refractivity contribution in [2.75, 3.05) is 0 Å². The lowest BCUT2D eigenvalue weighted by molar-refractivity contribution is -0.385. The van der Waals surface area contributed by atoms with Crippen LogP contribution in [0.25, 0.3) is 0 Å². The molecule has 92 valence electrons. The SMILES string of the molecule is CCC(Cc1ccc(Br)cc1[N+](=O)[O-])C(=O)O. The van der Waals surface area contributed by atoms with Crippen molar-refractivity contribution in [2.45, 2.75) is 19.8 Å². The van der Waals surface area contributed by atoms with Gasteiger partial charge in [-0.1, -0.05) is 28.9 Å². The van der Waals surface area contributed by atoms with E-state index in [0.717, 1.165) is 0 Å². The summed E-state index contributed by atoms with van der Waals surface area (Å²) in [6, 6.07) is 4.66. The van der Waals surface area contributed by atoms with Crippen molar-refractivity contribution in [3.05, 3.63) is 38.3 Å². The van der Waals surface area contributed by atoms with Gasteiger partial charge in [-0.25, -0.2) is 0 Å². The van der Waals surface area contributed by atoms with Gasteiger partial charge < -0.3 is 5.11 Å². The molecule has 0 aromatic heterocycles. The molecule has 1 aromatic rings. The monoisotopic (exact) mass is 301 g/mol. The largest absolute Gasteiger partial charge is 0.481 e. The molecule has 0 saturated carbocycles. The molecule has 0 aliphatic carbocycles. The van der Waals surface area contributed by atoms with Crippen LogP contribution in [0.15, 0.2) is 22.7 Å². The number of rotatable bonds is 5. The van der Waals surface area contributed by atoms with E-state index in [0.29, 0.717) is 16.5 Å². The highest BCUT2D eigenvalue weighted by Gasteiger charge is 2.21. The Morgan fingerprint density at radius 1 is 1.59 bits per heavy atom. The zero-order chi connectivity index (χ0) is 13.0. The summed E-state index contributed by atoms with van der Waals surface area (Å²) in [7, 11) is 0. The highest BCUT2D eigenvalue weighted by Crippen LogP contribution is 2.26. The van der Waals surface area contributed by atoms with Crippen molar-refractivity contribution < 1.29 is 14.8 Å². The number of benzene rings is 1. The first-order valence-corrected chi connectivity index (χ1v) is 5.90. The van der Waals surface area contributed by atoms with E-state index in [1.165, 1.54) is 6.07 Å². The molecule has 6 heteroatoms. The van der Waals surface area contributed by atoms with Gasteiger partial charge in [-0.2, -0.15) is 0 Å². The van der Waals surface area contributed by atoms with Crippen LogP contribution in [0, 0.1) is 16.0 Å². The minimum Gasteiger partial charge on any atom is -0.481 e. The second-order valence-corrected chi connectivity index (χ2v) is 4.59. The first-order valence-electron chi connectivity index (χ1n) is 5.11. The van der Waals surface area contributed by atoms with E-state index in [1.54, 1.807) is 19.1 Å². The Hall–Kier alpha value is -1.43. The van der Waals surface area contributed by atoms with Crippen molar-refractivity contribution in [1.82, 2.24) is 0 Å². The molecule has 0 amide bonds. The number of carboxylic acid groups (broad SMARTS) is 1. The molecule has 0 bridgehead atoms. The molecule has 0 aliphatic heterocycles. The zero-order valence-corrected chi connectivity index (χ0v) is 10.8. The van der Waals surface area contributed by atoms with Gasteiger partial charge in [-0.15, -0.1) is 0 Å². The molecule has 1 atom stereocenters. The summed E-state index contributed by atoms with van der Waals surface area (Å²) in [6.07, 6.45) is 0.623. The van der Waals surface area contributed by atoms with Crippen LogP contribution < -0.4 is 0 Å². The van der Waals surface area contributed by atoms with Crippen molar-refractivity contribution in [3.8, 4) is 0 Å². The quantitative estimate of drug-likeness (QED) is 0.669. The van der Waals surface area contributed by atoms with E-state index in [9.17, 15) is 14.9 Å². The average molecular weight is 302 g/mol. The standard InChI is InChI=1S/C11H12BrNO4/c1-2-7(11(14)15)5-8-3-4-9(12)6-10(8)13(16)17/h3-4,6-7H,2,5H2,1H3,(H,14,15). The third kappa shape index (κ3) is 3.52. The predicted molar refractivity (Wildman–Crippen MR) is 65.9 cm³/mol. The lowest BCUT2D eigenvalue weighted by atomic mass is 9.96. The Kier molecular flexibility index (Phi) is 4.62. The number of halogens is 1. The van der Waals surface area contributed by atoms with Crippen LogP contribution in [-0.4, -0.2) is 16.0 Å². The second kappa shape index (κ2) is 5.77. The molecular weight excluding hydrogens is 290 g/mol. The van der Waals surface area contributed by atoms with E-state index in [4.69, 9.17) is 5.11 Å². The number of nitro benzene ring substituents is 1. The minimum absolute atomic E-state index is 0.0425. The Labute approximate surface area is 107 Å². The van der Waals surface area contributed by atoms with Gasteiger partial charge in [0.25, 0.3) is 5.69 Å². The second-order valence-electron chi connectivity index (χ2n) is 3.68. The van der Waals surface area contributed by atoms with E-state index in [2.05, 4.69) is 15.9 Å². The van der Waals surface area contributed by atoms with Gasteiger partial charge in [-0.05, 0) is 18.9 Å². The molecule has 0 spiro atoms. The van der Waals surface area contributed by atoms with Gasteiger partial charge in [0.05, 0.1) is 10.8 Å². The summed E-state index contributed by atoms with van der Waals surface area (Å²) in [5.74, 6) is -1.51.